The number of carbonyl (C=O) groups excluding carboxylic acids is 2. The molecule has 0 radical (unpaired) electrons. The minimum atomic E-state index is -5.61. The second-order valence-corrected chi connectivity index (χ2v) is 9.27. The number of hydrogen-bond acceptors (Lipinski definition) is 8. The van der Waals surface area contributed by atoms with E-state index in [-0.39, 0.29) is 42.6 Å². The number of aliphatic hydroxyl groups is 1. The van der Waals surface area contributed by atoms with E-state index in [0.29, 0.717) is 11.1 Å². The number of alkyl carbamates (subject to hydrolysis) is 1. The van der Waals surface area contributed by atoms with Gasteiger partial charge in [0.2, 0.25) is 10.7 Å². The number of rotatable bonds is 10. The number of nitrogens with one attached hydrogen (secondary N) is 1. The molecule has 0 aliphatic heterocycles. The standard InChI is InChI=1S/C22H28N2O7S.Na/c1-15(2)19(24-21(26)31-14-17-11-7-4-8-12-17)20(25)22(27,32(28,29)30)18(23)13-16-9-5-3-6-10-16;/h3-12,15,18-19,27H,13-14,23H2,1-2H3,(H,24,26)(H,28,29,30);/q;+1/p-1/t18?,19-,22?;/m0./s1. The molecule has 2 aromatic rings. The van der Waals surface area contributed by atoms with Crippen LogP contribution in [-0.4, -0.2) is 47.0 Å². The maximum Gasteiger partial charge on any atom is 1.00 e. The van der Waals surface area contributed by atoms with Crippen LogP contribution in [0.2, 0.25) is 0 Å². The molecule has 2 rings (SSSR count). The normalized spacial score (nSPS) is 15.0. The molecule has 3 atom stereocenters. The summed E-state index contributed by atoms with van der Waals surface area (Å²) in [6.07, 6.45) is -1.27. The molecule has 1 amide bonds. The Morgan fingerprint density at radius 2 is 1.55 bits per heavy atom. The zero-order valence-electron chi connectivity index (χ0n) is 18.8. The predicted octanol–water partition coefficient (Wildman–Crippen LogP) is -1.69. The molecule has 0 aliphatic carbocycles. The first kappa shape index (κ1) is 29.2. The van der Waals surface area contributed by atoms with E-state index in [2.05, 4.69) is 5.32 Å². The van der Waals surface area contributed by atoms with E-state index < -0.39 is 44.9 Å². The zero-order valence-corrected chi connectivity index (χ0v) is 21.6. The second kappa shape index (κ2) is 12.6. The molecule has 174 valence electrons. The number of Topliss-reactive ketones (excluding diaryl/α,β-unsaturated/α-hetero) is 1. The number of ether oxygens (including phenoxy) is 1. The SMILES string of the molecule is CC(C)[C@H](NC(=O)OCc1ccccc1)C(=O)C(O)(C(N)Cc1ccccc1)S(=O)(=O)[O-].[Na+]. The van der Waals surface area contributed by atoms with E-state index in [1.54, 1.807) is 60.7 Å². The summed E-state index contributed by atoms with van der Waals surface area (Å²) in [5.41, 5.74) is 7.09. The minimum Gasteiger partial charge on any atom is -0.745 e. The molecule has 2 aromatic carbocycles. The van der Waals surface area contributed by atoms with Crippen molar-refractivity contribution < 1.29 is 62.0 Å². The van der Waals surface area contributed by atoms with E-state index in [1.165, 1.54) is 13.8 Å². The Labute approximate surface area is 215 Å². The summed E-state index contributed by atoms with van der Waals surface area (Å²) in [6, 6.07) is 13.7. The Morgan fingerprint density at radius 3 is 2.00 bits per heavy atom. The molecule has 33 heavy (non-hydrogen) atoms. The van der Waals surface area contributed by atoms with Crippen LogP contribution in [0.25, 0.3) is 0 Å². The van der Waals surface area contributed by atoms with Gasteiger partial charge in [0, 0.05) is 0 Å². The second-order valence-electron chi connectivity index (χ2n) is 7.74. The molecule has 9 nitrogen and oxygen atoms in total. The predicted molar refractivity (Wildman–Crippen MR) is 116 cm³/mol. The van der Waals surface area contributed by atoms with Crippen LogP contribution in [0, 0.1) is 5.92 Å². The minimum absolute atomic E-state index is 0. The van der Waals surface area contributed by atoms with Crippen LogP contribution in [0.15, 0.2) is 60.7 Å². The van der Waals surface area contributed by atoms with Gasteiger partial charge in [-0.2, -0.15) is 0 Å². The van der Waals surface area contributed by atoms with E-state index in [0.717, 1.165) is 0 Å². The van der Waals surface area contributed by atoms with Gasteiger partial charge < -0.3 is 25.4 Å². The summed E-state index contributed by atoms with van der Waals surface area (Å²) >= 11 is 0. The van der Waals surface area contributed by atoms with Crippen molar-refractivity contribution in [2.24, 2.45) is 11.7 Å². The molecule has 0 aromatic heterocycles. The molecule has 4 N–H and O–H groups in total. The Morgan fingerprint density at radius 1 is 1.06 bits per heavy atom. The van der Waals surface area contributed by atoms with Gasteiger partial charge in [-0.05, 0) is 23.5 Å². The average molecular weight is 487 g/mol. The summed E-state index contributed by atoms with van der Waals surface area (Å²) in [5, 5.41) is 13.1. The van der Waals surface area contributed by atoms with Gasteiger partial charge in [0.25, 0.3) is 0 Å². The molecule has 0 spiro atoms. The summed E-state index contributed by atoms with van der Waals surface area (Å²) in [4.78, 5) is 21.9. The fourth-order valence-electron chi connectivity index (χ4n) is 3.15. The number of carbonyl (C=O) groups is 2. The van der Waals surface area contributed by atoms with Crippen molar-refractivity contribution in [1.29, 1.82) is 0 Å². The first-order valence-corrected chi connectivity index (χ1v) is 11.4. The molecule has 0 fully saturated rings. The van der Waals surface area contributed by atoms with Crippen molar-refractivity contribution in [3.8, 4) is 0 Å². The van der Waals surface area contributed by atoms with Gasteiger partial charge in [-0.25, -0.2) is 13.2 Å². The van der Waals surface area contributed by atoms with Crippen LogP contribution >= 0.6 is 0 Å². The number of ketones is 1. The van der Waals surface area contributed by atoms with Crippen molar-refractivity contribution in [2.75, 3.05) is 0 Å². The van der Waals surface area contributed by atoms with Crippen LogP contribution in [0.1, 0.15) is 25.0 Å². The zero-order chi connectivity index (χ0) is 23.9. The molecule has 0 saturated heterocycles. The number of amides is 1. The third-order valence-electron chi connectivity index (χ3n) is 4.97. The third-order valence-corrected chi connectivity index (χ3v) is 6.24. The number of hydrogen-bond donors (Lipinski definition) is 3. The Bertz CT molecular complexity index is 1020. The van der Waals surface area contributed by atoms with E-state index in [1.807, 2.05) is 0 Å². The molecular weight excluding hydrogens is 459 g/mol. The van der Waals surface area contributed by atoms with Crippen molar-refractivity contribution in [3.05, 3.63) is 71.8 Å². The van der Waals surface area contributed by atoms with Crippen LogP contribution in [0.5, 0.6) is 0 Å². The Hall–Kier alpha value is -1.79. The van der Waals surface area contributed by atoms with Gasteiger partial charge >= 0.3 is 35.7 Å². The van der Waals surface area contributed by atoms with Gasteiger partial charge in [0.05, 0.1) is 12.1 Å². The monoisotopic (exact) mass is 486 g/mol. The number of benzene rings is 2. The van der Waals surface area contributed by atoms with Gasteiger partial charge in [-0.15, -0.1) is 0 Å². The van der Waals surface area contributed by atoms with E-state index >= 15 is 0 Å². The Kier molecular flexibility index (Phi) is 11.2. The number of nitrogens with two attached hydrogens (primary N) is 1. The van der Waals surface area contributed by atoms with Gasteiger partial charge in [-0.3, -0.25) is 4.79 Å². The molecular formula is C22H27N2NaO7S. The fraction of sp³-hybridized carbons (Fsp3) is 0.364. The van der Waals surface area contributed by atoms with Crippen molar-refractivity contribution >= 4 is 22.0 Å². The van der Waals surface area contributed by atoms with Crippen molar-refractivity contribution in [3.63, 3.8) is 0 Å². The Balaban J connectivity index is 0.00000544. The summed E-state index contributed by atoms with van der Waals surface area (Å²) in [7, 11) is -5.61. The molecule has 2 unspecified atom stereocenters. The van der Waals surface area contributed by atoms with Gasteiger partial charge in [-0.1, -0.05) is 74.5 Å². The van der Waals surface area contributed by atoms with Gasteiger partial charge in [0.1, 0.15) is 16.7 Å². The maximum atomic E-state index is 13.1. The molecule has 0 aliphatic rings. The first-order chi connectivity index (χ1) is 15.0. The quantitative estimate of drug-likeness (QED) is 0.265. The van der Waals surface area contributed by atoms with E-state index in [4.69, 9.17) is 10.5 Å². The molecule has 0 bridgehead atoms. The van der Waals surface area contributed by atoms with E-state index in [9.17, 15) is 27.7 Å². The molecule has 0 saturated carbocycles. The largest absolute Gasteiger partial charge is 1.00 e. The topological polar surface area (TPSA) is 159 Å². The molecule has 11 heteroatoms. The summed E-state index contributed by atoms with van der Waals surface area (Å²) in [6.45, 7) is 2.94. The molecule has 0 heterocycles. The van der Waals surface area contributed by atoms with Crippen molar-refractivity contribution in [2.45, 2.75) is 43.9 Å². The summed E-state index contributed by atoms with van der Waals surface area (Å²) < 4.78 is 41.1. The van der Waals surface area contributed by atoms with Crippen LogP contribution in [-0.2, 0) is 32.7 Å². The van der Waals surface area contributed by atoms with Crippen LogP contribution < -0.4 is 40.6 Å². The smallest absolute Gasteiger partial charge is 0.745 e. The van der Waals surface area contributed by atoms with Crippen LogP contribution in [0.3, 0.4) is 0 Å². The average Bonchev–Trinajstić information content (AvgIpc) is 2.75. The van der Waals surface area contributed by atoms with Gasteiger partial charge in [0.15, 0.2) is 0 Å². The third kappa shape index (κ3) is 7.61. The maximum absolute atomic E-state index is 13.1. The summed E-state index contributed by atoms with van der Waals surface area (Å²) in [5.74, 6) is -2.09. The van der Waals surface area contributed by atoms with Crippen molar-refractivity contribution in [1.82, 2.24) is 5.32 Å². The van der Waals surface area contributed by atoms with Crippen LogP contribution in [0.4, 0.5) is 4.79 Å². The first-order valence-electron chi connectivity index (χ1n) is 9.95. The fourth-order valence-corrected chi connectivity index (χ4v) is 3.97.